The highest BCUT2D eigenvalue weighted by atomic mass is 14.9. The van der Waals surface area contributed by atoms with Crippen molar-refractivity contribution in [2.24, 2.45) is 0 Å². The summed E-state index contributed by atoms with van der Waals surface area (Å²) in [6.07, 6.45) is 1.82. The second-order valence-corrected chi connectivity index (χ2v) is 9.31. The van der Waals surface area contributed by atoms with Crippen LogP contribution in [0.2, 0.25) is 0 Å². The molecule has 0 saturated carbocycles. The topological polar surface area (TPSA) is 38.7 Å². The molecule has 7 aromatic rings. The van der Waals surface area contributed by atoms with Crippen LogP contribution in [0.15, 0.2) is 140 Å². The third-order valence-corrected chi connectivity index (χ3v) is 6.96. The predicted octanol–water partition coefficient (Wildman–Crippen LogP) is 8.85. The van der Waals surface area contributed by atoms with Crippen LogP contribution in [0.25, 0.3) is 66.7 Å². The lowest BCUT2D eigenvalue weighted by molar-refractivity contribution is 1.19. The number of benzene rings is 5. The zero-order valence-corrected chi connectivity index (χ0v) is 20.6. The Balaban J connectivity index is 1.44. The summed E-state index contributed by atoms with van der Waals surface area (Å²) in [5.74, 6) is 0.700. The Labute approximate surface area is 221 Å². The van der Waals surface area contributed by atoms with Crippen LogP contribution in [-0.2, 0) is 0 Å². The molecule has 0 fully saturated rings. The van der Waals surface area contributed by atoms with Crippen molar-refractivity contribution in [2.75, 3.05) is 0 Å². The minimum Gasteiger partial charge on any atom is -0.256 e. The highest BCUT2D eigenvalue weighted by Gasteiger charge is 2.14. The van der Waals surface area contributed by atoms with Crippen molar-refractivity contribution in [3.63, 3.8) is 0 Å². The maximum atomic E-state index is 5.11. The van der Waals surface area contributed by atoms with E-state index >= 15 is 0 Å². The largest absolute Gasteiger partial charge is 0.256 e. The molecule has 0 atom stereocenters. The molecule has 7 rings (SSSR count). The van der Waals surface area contributed by atoms with E-state index in [1.807, 2.05) is 24.4 Å². The van der Waals surface area contributed by atoms with Gasteiger partial charge in [0.15, 0.2) is 5.82 Å². The number of pyridine rings is 1. The standard InChI is InChI=1S/C35H23N3/c1-3-13-28-24(9-1)11-7-15-30(28)33-23-34(31-16-8-12-25-10-2-4-14-29(25)31)38-35(37-33)27-20-18-26(19-21-27)32-17-5-6-22-36-32/h1-23H. The molecule has 178 valence electrons. The van der Waals surface area contributed by atoms with E-state index in [-0.39, 0.29) is 0 Å². The van der Waals surface area contributed by atoms with E-state index in [4.69, 9.17) is 9.97 Å². The Kier molecular flexibility index (Phi) is 5.45. The molecule has 5 aromatic carbocycles. The molecule has 0 amide bonds. The molecule has 3 nitrogen and oxygen atoms in total. The Bertz CT molecular complexity index is 1800. The fourth-order valence-electron chi connectivity index (χ4n) is 5.07. The number of aromatic nitrogens is 3. The average molecular weight is 486 g/mol. The molecular formula is C35H23N3. The van der Waals surface area contributed by atoms with Crippen LogP contribution in [0.4, 0.5) is 0 Å². The van der Waals surface area contributed by atoms with E-state index < -0.39 is 0 Å². The van der Waals surface area contributed by atoms with Crippen LogP contribution in [0.5, 0.6) is 0 Å². The summed E-state index contributed by atoms with van der Waals surface area (Å²) >= 11 is 0. The van der Waals surface area contributed by atoms with Crippen LogP contribution in [0.1, 0.15) is 0 Å². The molecule has 2 heterocycles. The molecule has 0 unspecified atom stereocenters. The second-order valence-electron chi connectivity index (χ2n) is 9.31. The summed E-state index contributed by atoms with van der Waals surface area (Å²) in [5, 5.41) is 4.73. The van der Waals surface area contributed by atoms with Gasteiger partial charge in [-0.1, -0.05) is 115 Å². The van der Waals surface area contributed by atoms with E-state index in [1.54, 1.807) is 0 Å². The first-order valence-corrected chi connectivity index (χ1v) is 12.7. The van der Waals surface area contributed by atoms with E-state index in [0.717, 1.165) is 39.3 Å². The molecular weight excluding hydrogens is 462 g/mol. The maximum absolute atomic E-state index is 5.11. The summed E-state index contributed by atoms with van der Waals surface area (Å²) in [6, 6.07) is 46.1. The van der Waals surface area contributed by atoms with Crippen molar-refractivity contribution in [1.82, 2.24) is 15.0 Å². The van der Waals surface area contributed by atoms with Gasteiger partial charge in [0.1, 0.15) is 0 Å². The normalized spacial score (nSPS) is 11.2. The molecule has 0 saturated heterocycles. The number of hydrogen-bond acceptors (Lipinski definition) is 3. The van der Waals surface area contributed by atoms with Gasteiger partial charge in [-0.15, -0.1) is 0 Å². The number of nitrogens with zero attached hydrogens (tertiary/aromatic N) is 3. The van der Waals surface area contributed by atoms with Crippen LogP contribution < -0.4 is 0 Å². The second kappa shape index (κ2) is 9.38. The Morgan fingerprint density at radius 1 is 0.395 bits per heavy atom. The van der Waals surface area contributed by atoms with Crippen molar-refractivity contribution in [1.29, 1.82) is 0 Å². The van der Waals surface area contributed by atoms with Crippen LogP contribution >= 0.6 is 0 Å². The zero-order valence-electron chi connectivity index (χ0n) is 20.6. The van der Waals surface area contributed by atoms with Gasteiger partial charge in [-0.2, -0.15) is 0 Å². The van der Waals surface area contributed by atoms with Gasteiger partial charge in [-0.3, -0.25) is 4.98 Å². The number of fused-ring (bicyclic) bond motifs is 2. The van der Waals surface area contributed by atoms with Gasteiger partial charge in [0.2, 0.25) is 0 Å². The maximum Gasteiger partial charge on any atom is 0.160 e. The summed E-state index contributed by atoms with van der Waals surface area (Å²) in [7, 11) is 0. The summed E-state index contributed by atoms with van der Waals surface area (Å²) in [4.78, 5) is 14.7. The van der Waals surface area contributed by atoms with Crippen molar-refractivity contribution in [3.8, 4) is 45.2 Å². The van der Waals surface area contributed by atoms with E-state index in [1.165, 1.54) is 21.5 Å². The summed E-state index contributed by atoms with van der Waals surface area (Å²) in [5.41, 5.74) is 6.98. The van der Waals surface area contributed by atoms with Gasteiger partial charge >= 0.3 is 0 Å². The van der Waals surface area contributed by atoms with Gasteiger partial charge in [-0.25, -0.2) is 9.97 Å². The summed E-state index contributed by atoms with van der Waals surface area (Å²) < 4.78 is 0. The Morgan fingerprint density at radius 2 is 0.921 bits per heavy atom. The van der Waals surface area contributed by atoms with E-state index in [2.05, 4.69) is 120 Å². The van der Waals surface area contributed by atoms with E-state index in [0.29, 0.717) is 5.82 Å². The fourth-order valence-corrected chi connectivity index (χ4v) is 5.07. The van der Waals surface area contributed by atoms with Crippen LogP contribution in [0.3, 0.4) is 0 Å². The van der Waals surface area contributed by atoms with Crippen molar-refractivity contribution in [2.45, 2.75) is 0 Å². The molecule has 2 aromatic heterocycles. The number of rotatable bonds is 4. The van der Waals surface area contributed by atoms with Gasteiger partial charge in [-0.05, 0) is 39.7 Å². The lowest BCUT2D eigenvalue weighted by Crippen LogP contribution is -1.97. The Hall–Kier alpha value is -5.15. The molecule has 3 heteroatoms. The predicted molar refractivity (Wildman–Crippen MR) is 157 cm³/mol. The highest BCUT2D eigenvalue weighted by molar-refractivity contribution is 5.99. The molecule has 0 aliphatic heterocycles. The van der Waals surface area contributed by atoms with Crippen molar-refractivity contribution >= 4 is 21.5 Å². The third-order valence-electron chi connectivity index (χ3n) is 6.96. The molecule has 0 radical (unpaired) electrons. The van der Waals surface area contributed by atoms with Gasteiger partial charge in [0, 0.05) is 28.5 Å². The monoisotopic (exact) mass is 485 g/mol. The van der Waals surface area contributed by atoms with E-state index in [9.17, 15) is 0 Å². The highest BCUT2D eigenvalue weighted by Crippen LogP contribution is 2.34. The van der Waals surface area contributed by atoms with Gasteiger partial charge in [0.05, 0.1) is 17.1 Å². The van der Waals surface area contributed by atoms with Crippen LogP contribution in [0, 0.1) is 0 Å². The first kappa shape index (κ1) is 22.1. The smallest absolute Gasteiger partial charge is 0.160 e. The summed E-state index contributed by atoms with van der Waals surface area (Å²) in [6.45, 7) is 0. The quantitative estimate of drug-likeness (QED) is 0.250. The first-order chi connectivity index (χ1) is 18.8. The molecule has 0 aliphatic carbocycles. The van der Waals surface area contributed by atoms with Crippen molar-refractivity contribution in [3.05, 3.63) is 140 Å². The van der Waals surface area contributed by atoms with Gasteiger partial charge < -0.3 is 0 Å². The molecule has 0 bridgehead atoms. The lowest BCUT2D eigenvalue weighted by atomic mass is 9.98. The minimum absolute atomic E-state index is 0.700. The average Bonchev–Trinajstić information content (AvgIpc) is 3.01. The third kappa shape index (κ3) is 4.00. The Morgan fingerprint density at radius 3 is 1.50 bits per heavy atom. The SMILES string of the molecule is c1ccc(-c2ccc(-c3nc(-c4cccc5ccccc45)cc(-c4cccc5ccccc45)n3)cc2)nc1. The van der Waals surface area contributed by atoms with Crippen molar-refractivity contribution < 1.29 is 0 Å². The van der Waals surface area contributed by atoms with Crippen LogP contribution in [-0.4, -0.2) is 15.0 Å². The number of hydrogen-bond donors (Lipinski definition) is 0. The molecule has 0 spiro atoms. The first-order valence-electron chi connectivity index (χ1n) is 12.7. The molecule has 38 heavy (non-hydrogen) atoms. The van der Waals surface area contributed by atoms with Gasteiger partial charge in [0.25, 0.3) is 0 Å². The molecule has 0 N–H and O–H groups in total. The molecule has 0 aliphatic rings. The lowest BCUT2D eigenvalue weighted by Gasteiger charge is -2.13. The fraction of sp³-hybridized carbons (Fsp3) is 0. The zero-order chi connectivity index (χ0) is 25.3. The minimum atomic E-state index is 0.700.